The summed E-state index contributed by atoms with van der Waals surface area (Å²) in [6, 6.07) is 12.9. The third-order valence-electron chi connectivity index (χ3n) is 4.47. The van der Waals surface area contributed by atoms with E-state index in [1.54, 1.807) is 0 Å². The minimum absolute atomic E-state index is 0.143. The molecule has 1 saturated carbocycles. The van der Waals surface area contributed by atoms with E-state index in [0.29, 0.717) is 0 Å². The second kappa shape index (κ2) is 6.48. The molecule has 0 radical (unpaired) electrons. The van der Waals surface area contributed by atoms with Gasteiger partial charge in [0.25, 0.3) is 0 Å². The lowest BCUT2D eigenvalue weighted by Gasteiger charge is -2.18. The first-order chi connectivity index (χ1) is 10.2. The van der Waals surface area contributed by atoms with Crippen LogP contribution in [0, 0.1) is 5.92 Å². The van der Waals surface area contributed by atoms with Crippen molar-refractivity contribution < 1.29 is 4.74 Å². The van der Waals surface area contributed by atoms with E-state index in [1.807, 2.05) is 0 Å². The van der Waals surface area contributed by atoms with Crippen LogP contribution in [-0.4, -0.2) is 12.6 Å². The molecule has 3 rings (SSSR count). The predicted molar refractivity (Wildman–Crippen MR) is 88.8 cm³/mol. The Bertz CT molecular complexity index is 600. The van der Waals surface area contributed by atoms with E-state index < -0.39 is 0 Å². The van der Waals surface area contributed by atoms with Crippen LogP contribution >= 0.6 is 0 Å². The van der Waals surface area contributed by atoms with E-state index in [1.165, 1.54) is 42.0 Å². The van der Waals surface area contributed by atoms with E-state index in [2.05, 4.69) is 43.3 Å². The summed E-state index contributed by atoms with van der Waals surface area (Å²) in [5, 5.41) is 2.54. The molecule has 21 heavy (non-hydrogen) atoms. The van der Waals surface area contributed by atoms with Gasteiger partial charge >= 0.3 is 0 Å². The monoisotopic (exact) mass is 283 g/mol. The van der Waals surface area contributed by atoms with Gasteiger partial charge in [0, 0.05) is 11.6 Å². The number of hydrogen-bond acceptors (Lipinski definition) is 2. The van der Waals surface area contributed by atoms with E-state index in [-0.39, 0.29) is 6.04 Å². The average Bonchev–Trinajstić information content (AvgIpc) is 2.99. The van der Waals surface area contributed by atoms with Gasteiger partial charge in [-0.3, -0.25) is 0 Å². The minimum atomic E-state index is 0.143. The molecule has 112 valence electrons. The van der Waals surface area contributed by atoms with E-state index in [9.17, 15) is 0 Å². The standard InChI is InChI=1S/C19H25NO/c1-14(20)12-18-17-9-5-4-8-16(17)10-11-19(18)21-13-15-6-2-3-7-15/h4-5,8-11,14-15H,2-3,6-7,12-13,20H2,1H3. The Morgan fingerprint density at radius 2 is 1.90 bits per heavy atom. The molecule has 0 spiro atoms. The molecule has 2 heteroatoms. The molecule has 1 aliphatic carbocycles. The van der Waals surface area contributed by atoms with Crippen LogP contribution in [0.2, 0.25) is 0 Å². The highest BCUT2D eigenvalue weighted by Crippen LogP contribution is 2.31. The van der Waals surface area contributed by atoms with Crippen molar-refractivity contribution in [1.82, 2.24) is 0 Å². The van der Waals surface area contributed by atoms with Gasteiger partial charge in [0.1, 0.15) is 5.75 Å². The molecule has 0 aliphatic heterocycles. The van der Waals surface area contributed by atoms with Crippen LogP contribution in [0.25, 0.3) is 10.8 Å². The van der Waals surface area contributed by atoms with Crippen molar-refractivity contribution in [3.8, 4) is 5.75 Å². The molecule has 2 nitrogen and oxygen atoms in total. The van der Waals surface area contributed by atoms with Crippen LogP contribution < -0.4 is 10.5 Å². The van der Waals surface area contributed by atoms with Gasteiger partial charge in [-0.05, 0) is 48.9 Å². The molecule has 1 atom stereocenters. The maximum absolute atomic E-state index is 6.17. The third-order valence-corrected chi connectivity index (χ3v) is 4.47. The number of rotatable bonds is 5. The highest BCUT2D eigenvalue weighted by molar-refractivity contribution is 5.87. The van der Waals surface area contributed by atoms with E-state index in [4.69, 9.17) is 10.5 Å². The quantitative estimate of drug-likeness (QED) is 0.888. The SMILES string of the molecule is CC(N)Cc1c(OCC2CCCC2)ccc2ccccc12. The van der Waals surface area contributed by atoms with Crippen molar-refractivity contribution in [2.75, 3.05) is 6.61 Å². The van der Waals surface area contributed by atoms with Crippen LogP contribution in [-0.2, 0) is 6.42 Å². The number of ether oxygens (including phenoxy) is 1. The fourth-order valence-electron chi connectivity index (χ4n) is 3.37. The molecule has 0 aromatic heterocycles. The van der Waals surface area contributed by atoms with Crippen molar-refractivity contribution in [3.63, 3.8) is 0 Å². The fraction of sp³-hybridized carbons (Fsp3) is 0.474. The highest BCUT2D eigenvalue weighted by Gasteiger charge is 2.17. The van der Waals surface area contributed by atoms with E-state index >= 15 is 0 Å². The predicted octanol–water partition coefficient (Wildman–Crippen LogP) is 4.30. The fourth-order valence-corrected chi connectivity index (χ4v) is 3.37. The van der Waals surface area contributed by atoms with Gasteiger partial charge < -0.3 is 10.5 Å². The number of benzene rings is 2. The van der Waals surface area contributed by atoms with Crippen molar-refractivity contribution >= 4 is 10.8 Å². The van der Waals surface area contributed by atoms with Crippen molar-refractivity contribution in [3.05, 3.63) is 42.0 Å². The van der Waals surface area contributed by atoms with Crippen molar-refractivity contribution in [2.45, 2.75) is 45.1 Å². The van der Waals surface area contributed by atoms with Gasteiger partial charge in [0.05, 0.1) is 6.61 Å². The molecule has 2 aromatic carbocycles. The van der Waals surface area contributed by atoms with Crippen molar-refractivity contribution in [1.29, 1.82) is 0 Å². The van der Waals surface area contributed by atoms with Crippen LogP contribution in [0.1, 0.15) is 38.2 Å². The zero-order chi connectivity index (χ0) is 14.7. The molecule has 0 heterocycles. The summed E-state index contributed by atoms with van der Waals surface area (Å²) in [7, 11) is 0. The molecule has 0 saturated heterocycles. The van der Waals surface area contributed by atoms with Crippen molar-refractivity contribution in [2.24, 2.45) is 11.7 Å². The molecule has 1 unspecified atom stereocenters. The topological polar surface area (TPSA) is 35.2 Å². The third kappa shape index (κ3) is 3.38. The average molecular weight is 283 g/mol. The number of hydrogen-bond donors (Lipinski definition) is 1. The lowest BCUT2D eigenvalue weighted by molar-refractivity contribution is 0.250. The summed E-state index contributed by atoms with van der Waals surface area (Å²) in [6.45, 7) is 2.91. The van der Waals surface area contributed by atoms with Gasteiger partial charge in [-0.25, -0.2) is 0 Å². The summed E-state index contributed by atoms with van der Waals surface area (Å²) in [5.41, 5.74) is 7.31. The molecule has 1 fully saturated rings. The van der Waals surface area contributed by atoms with Gasteiger partial charge in [-0.1, -0.05) is 43.2 Å². The van der Waals surface area contributed by atoms with Gasteiger partial charge in [0.2, 0.25) is 0 Å². The Kier molecular flexibility index (Phi) is 4.45. The summed E-state index contributed by atoms with van der Waals surface area (Å²) in [4.78, 5) is 0. The van der Waals surface area contributed by atoms with Gasteiger partial charge in [0.15, 0.2) is 0 Å². The smallest absolute Gasteiger partial charge is 0.123 e. The highest BCUT2D eigenvalue weighted by atomic mass is 16.5. The first-order valence-electron chi connectivity index (χ1n) is 8.13. The molecule has 2 N–H and O–H groups in total. The van der Waals surface area contributed by atoms with Crippen LogP contribution in [0.4, 0.5) is 0 Å². The minimum Gasteiger partial charge on any atom is -0.493 e. The second-order valence-electron chi connectivity index (χ2n) is 6.41. The Balaban J connectivity index is 1.88. The van der Waals surface area contributed by atoms with Crippen LogP contribution in [0.15, 0.2) is 36.4 Å². The lowest BCUT2D eigenvalue weighted by Crippen LogP contribution is -2.19. The van der Waals surface area contributed by atoms with Gasteiger partial charge in [-0.15, -0.1) is 0 Å². The van der Waals surface area contributed by atoms with Crippen LogP contribution in [0.3, 0.4) is 0 Å². The second-order valence-corrected chi connectivity index (χ2v) is 6.41. The maximum Gasteiger partial charge on any atom is 0.123 e. The Morgan fingerprint density at radius 3 is 2.67 bits per heavy atom. The normalized spacial score (nSPS) is 17.2. The number of nitrogens with two attached hydrogens (primary N) is 1. The molecular weight excluding hydrogens is 258 g/mol. The Morgan fingerprint density at radius 1 is 1.14 bits per heavy atom. The molecule has 0 bridgehead atoms. The Hall–Kier alpha value is -1.54. The zero-order valence-electron chi connectivity index (χ0n) is 12.8. The molecule has 1 aliphatic rings. The molecular formula is C19H25NO. The number of fused-ring (bicyclic) bond motifs is 1. The Labute approximate surface area is 127 Å². The first kappa shape index (κ1) is 14.4. The molecule has 0 amide bonds. The summed E-state index contributed by atoms with van der Waals surface area (Å²) in [6.07, 6.45) is 6.21. The van der Waals surface area contributed by atoms with E-state index in [0.717, 1.165) is 24.7 Å². The molecule has 2 aromatic rings. The maximum atomic E-state index is 6.17. The van der Waals surface area contributed by atoms with Crippen LogP contribution in [0.5, 0.6) is 5.75 Å². The summed E-state index contributed by atoms with van der Waals surface area (Å²) < 4.78 is 6.17. The van der Waals surface area contributed by atoms with Gasteiger partial charge in [-0.2, -0.15) is 0 Å². The first-order valence-corrected chi connectivity index (χ1v) is 8.13. The summed E-state index contributed by atoms with van der Waals surface area (Å²) >= 11 is 0. The zero-order valence-corrected chi connectivity index (χ0v) is 12.8. The lowest BCUT2D eigenvalue weighted by atomic mass is 9.98. The summed E-state index contributed by atoms with van der Waals surface area (Å²) in [5.74, 6) is 1.76. The largest absolute Gasteiger partial charge is 0.493 e.